The summed E-state index contributed by atoms with van der Waals surface area (Å²) in [5.41, 5.74) is 0.936. The molecule has 0 aliphatic carbocycles. The number of carbonyl (C=O) groups is 1. The molecule has 4 heteroatoms. The van der Waals surface area contributed by atoms with Gasteiger partial charge in [0.05, 0.1) is 0 Å². The molecule has 1 amide bonds. The Morgan fingerprint density at radius 1 is 1.47 bits per heavy atom. The van der Waals surface area contributed by atoms with E-state index < -0.39 is 0 Å². The van der Waals surface area contributed by atoms with Crippen LogP contribution in [0, 0.1) is 12.7 Å². The highest BCUT2D eigenvalue weighted by molar-refractivity contribution is 5.94. The maximum absolute atomic E-state index is 13.4. The molecule has 1 aromatic rings. The van der Waals surface area contributed by atoms with Crippen LogP contribution in [-0.4, -0.2) is 24.5 Å². The van der Waals surface area contributed by atoms with Crippen LogP contribution >= 0.6 is 0 Å². The van der Waals surface area contributed by atoms with Gasteiger partial charge in [0.15, 0.2) is 0 Å². The molecule has 0 saturated carbocycles. The van der Waals surface area contributed by atoms with Crippen molar-refractivity contribution in [3.05, 3.63) is 35.1 Å². The highest BCUT2D eigenvalue weighted by Crippen LogP contribution is 2.12. The van der Waals surface area contributed by atoms with Crippen LogP contribution in [0.15, 0.2) is 18.2 Å². The minimum absolute atomic E-state index is 0.209. The molecule has 104 valence electrons. The van der Waals surface area contributed by atoms with Crippen molar-refractivity contribution >= 4 is 5.91 Å². The first-order valence-electron chi connectivity index (χ1n) is 6.86. The number of nitrogens with one attached hydrogen (secondary N) is 2. The average Bonchev–Trinajstić information content (AvgIpc) is 2.39. The van der Waals surface area contributed by atoms with Crippen molar-refractivity contribution in [2.24, 2.45) is 0 Å². The van der Waals surface area contributed by atoms with Gasteiger partial charge in [0, 0.05) is 24.2 Å². The molecule has 0 spiro atoms. The normalized spacial score (nSPS) is 23.1. The number of rotatable bonds is 3. The number of carbonyl (C=O) groups excluding carboxylic acids is 1. The predicted molar refractivity (Wildman–Crippen MR) is 73.7 cm³/mol. The number of aryl methyl sites for hydroxylation is 1. The first kappa shape index (κ1) is 14.0. The minimum Gasteiger partial charge on any atom is -0.350 e. The van der Waals surface area contributed by atoms with E-state index in [0.29, 0.717) is 29.8 Å². The van der Waals surface area contributed by atoms with Gasteiger partial charge in [0.2, 0.25) is 0 Å². The first-order chi connectivity index (χ1) is 9.06. The minimum atomic E-state index is -0.336. The number of amides is 1. The highest BCUT2D eigenvalue weighted by Gasteiger charge is 2.18. The second-order valence-corrected chi connectivity index (χ2v) is 5.37. The van der Waals surface area contributed by atoms with Crippen LogP contribution in [-0.2, 0) is 0 Å². The van der Waals surface area contributed by atoms with Gasteiger partial charge in [-0.3, -0.25) is 4.79 Å². The van der Waals surface area contributed by atoms with Crippen molar-refractivity contribution in [3.63, 3.8) is 0 Å². The van der Waals surface area contributed by atoms with E-state index in [4.69, 9.17) is 0 Å². The largest absolute Gasteiger partial charge is 0.350 e. The van der Waals surface area contributed by atoms with Crippen molar-refractivity contribution in [2.45, 2.75) is 45.2 Å². The topological polar surface area (TPSA) is 41.1 Å². The number of halogens is 1. The highest BCUT2D eigenvalue weighted by atomic mass is 19.1. The van der Waals surface area contributed by atoms with Gasteiger partial charge in [-0.05, 0) is 44.4 Å². The quantitative estimate of drug-likeness (QED) is 0.880. The van der Waals surface area contributed by atoms with Gasteiger partial charge in [-0.25, -0.2) is 4.39 Å². The maximum atomic E-state index is 13.4. The average molecular weight is 264 g/mol. The fourth-order valence-corrected chi connectivity index (χ4v) is 2.45. The lowest BCUT2D eigenvalue weighted by Gasteiger charge is -2.28. The molecule has 0 aromatic heterocycles. The smallest absolute Gasteiger partial charge is 0.251 e. The van der Waals surface area contributed by atoms with Crippen molar-refractivity contribution in [2.75, 3.05) is 6.54 Å². The lowest BCUT2D eigenvalue weighted by Crippen LogP contribution is -2.47. The molecule has 1 aliphatic heterocycles. The monoisotopic (exact) mass is 264 g/mol. The van der Waals surface area contributed by atoms with Crippen molar-refractivity contribution in [3.8, 4) is 0 Å². The molecule has 1 aromatic carbocycles. The van der Waals surface area contributed by atoms with E-state index in [1.807, 2.05) is 0 Å². The second kappa shape index (κ2) is 6.15. The summed E-state index contributed by atoms with van der Waals surface area (Å²) in [4.78, 5) is 11.9. The molecule has 1 heterocycles. The van der Waals surface area contributed by atoms with Crippen molar-refractivity contribution in [1.82, 2.24) is 10.6 Å². The molecule has 0 radical (unpaired) electrons. The Balaban J connectivity index is 1.88. The number of hydrogen-bond donors (Lipinski definition) is 2. The van der Waals surface area contributed by atoms with E-state index in [2.05, 4.69) is 17.6 Å². The fraction of sp³-hybridized carbons (Fsp3) is 0.533. The van der Waals surface area contributed by atoms with E-state index >= 15 is 0 Å². The number of hydrogen-bond acceptors (Lipinski definition) is 2. The number of benzene rings is 1. The summed E-state index contributed by atoms with van der Waals surface area (Å²) in [6, 6.07) is 5.41. The van der Waals surface area contributed by atoms with Gasteiger partial charge >= 0.3 is 0 Å². The summed E-state index contributed by atoms with van der Waals surface area (Å²) in [6.07, 6.45) is 3.45. The van der Waals surface area contributed by atoms with Crippen LogP contribution in [0.1, 0.15) is 42.1 Å². The van der Waals surface area contributed by atoms with Crippen molar-refractivity contribution in [1.29, 1.82) is 0 Å². The van der Waals surface area contributed by atoms with Gasteiger partial charge in [-0.1, -0.05) is 12.5 Å². The van der Waals surface area contributed by atoms with Crippen LogP contribution in [0.5, 0.6) is 0 Å². The van der Waals surface area contributed by atoms with E-state index in [0.717, 1.165) is 6.42 Å². The zero-order chi connectivity index (χ0) is 13.8. The van der Waals surface area contributed by atoms with Crippen LogP contribution in [0.2, 0.25) is 0 Å². The number of piperidine rings is 1. The lowest BCUT2D eigenvalue weighted by molar-refractivity contribution is 0.0946. The zero-order valence-electron chi connectivity index (χ0n) is 11.5. The van der Waals surface area contributed by atoms with E-state index in [1.54, 1.807) is 19.1 Å². The van der Waals surface area contributed by atoms with Gasteiger partial charge in [0.25, 0.3) is 5.91 Å². The Morgan fingerprint density at radius 2 is 2.26 bits per heavy atom. The van der Waals surface area contributed by atoms with E-state index in [9.17, 15) is 9.18 Å². The molecular weight excluding hydrogens is 243 g/mol. The molecule has 1 aliphatic rings. The summed E-state index contributed by atoms with van der Waals surface area (Å²) in [5, 5.41) is 6.32. The second-order valence-electron chi connectivity index (χ2n) is 5.37. The fourth-order valence-electron chi connectivity index (χ4n) is 2.45. The van der Waals surface area contributed by atoms with Gasteiger partial charge in [0.1, 0.15) is 5.82 Å². The molecule has 3 nitrogen and oxygen atoms in total. The molecule has 1 saturated heterocycles. The van der Waals surface area contributed by atoms with Crippen LogP contribution in [0.25, 0.3) is 0 Å². The Morgan fingerprint density at radius 3 is 2.95 bits per heavy atom. The Kier molecular flexibility index (Phi) is 4.53. The molecule has 2 unspecified atom stereocenters. The first-order valence-corrected chi connectivity index (χ1v) is 6.86. The summed E-state index contributed by atoms with van der Waals surface area (Å²) < 4.78 is 13.4. The van der Waals surface area contributed by atoms with Gasteiger partial charge in [-0.2, -0.15) is 0 Å². The molecule has 0 bridgehead atoms. The van der Waals surface area contributed by atoms with E-state index in [1.165, 1.54) is 18.9 Å². The summed E-state index contributed by atoms with van der Waals surface area (Å²) in [6.45, 7) is 4.44. The Hall–Kier alpha value is -1.42. The molecule has 19 heavy (non-hydrogen) atoms. The Labute approximate surface area is 113 Å². The predicted octanol–water partition coefficient (Wildman–Crippen LogP) is 2.39. The third-order valence-electron chi connectivity index (χ3n) is 3.65. The maximum Gasteiger partial charge on any atom is 0.251 e. The molecule has 2 N–H and O–H groups in total. The van der Waals surface area contributed by atoms with Crippen molar-refractivity contribution < 1.29 is 9.18 Å². The summed E-state index contributed by atoms with van der Waals surface area (Å²) in [7, 11) is 0. The standard InChI is InChI=1S/C15H21FN2O/c1-10-6-7-12(8-14(10)16)15(19)17-9-13-5-3-4-11(2)18-13/h6-8,11,13,18H,3-5,9H2,1-2H3,(H,17,19). The molecular formula is C15H21FN2O. The van der Waals surface area contributed by atoms with Gasteiger partial charge in [-0.15, -0.1) is 0 Å². The third kappa shape index (κ3) is 3.77. The summed E-state index contributed by atoms with van der Waals surface area (Å²) >= 11 is 0. The Bertz CT molecular complexity index is 461. The lowest BCUT2D eigenvalue weighted by atomic mass is 9.99. The zero-order valence-corrected chi connectivity index (χ0v) is 11.5. The molecule has 1 fully saturated rings. The van der Waals surface area contributed by atoms with Crippen LogP contribution in [0.3, 0.4) is 0 Å². The summed E-state index contributed by atoms with van der Waals surface area (Å²) in [5.74, 6) is -0.545. The molecule has 2 atom stereocenters. The third-order valence-corrected chi connectivity index (χ3v) is 3.65. The van der Waals surface area contributed by atoms with Gasteiger partial charge < -0.3 is 10.6 Å². The van der Waals surface area contributed by atoms with Crippen LogP contribution in [0.4, 0.5) is 4.39 Å². The SMILES string of the molecule is Cc1ccc(C(=O)NCC2CCCC(C)N2)cc1F. The molecule has 2 rings (SSSR count). The van der Waals surface area contributed by atoms with Crippen LogP contribution < -0.4 is 10.6 Å². The van der Waals surface area contributed by atoms with E-state index in [-0.39, 0.29) is 11.7 Å².